The van der Waals surface area contributed by atoms with Crippen LogP contribution in [0.2, 0.25) is 0 Å². The summed E-state index contributed by atoms with van der Waals surface area (Å²) in [7, 11) is -1.52. The summed E-state index contributed by atoms with van der Waals surface area (Å²) >= 11 is 0. The van der Waals surface area contributed by atoms with E-state index in [4.69, 9.17) is 18.3 Å². The van der Waals surface area contributed by atoms with Crippen LogP contribution in [0.15, 0.2) is 15.8 Å². The highest BCUT2D eigenvalue weighted by molar-refractivity contribution is 7.48. The Kier molecular flexibility index (Phi) is 9.67. The van der Waals surface area contributed by atoms with Crippen LogP contribution in [0.5, 0.6) is 0 Å². The topological polar surface area (TPSA) is 158 Å². The molecule has 0 saturated carbocycles. The van der Waals surface area contributed by atoms with Gasteiger partial charge in [-0.2, -0.15) is 0 Å². The van der Waals surface area contributed by atoms with Gasteiger partial charge in [0.05, 0.1) is 12.1 Å². The molecule has 0 radical (unpaired) electrons. The molecule has 2 unspecified atom stereocenters. The summed E-state index contributed by atoms with van der Waals surface area (Å²) in [4.78, 5) is 39.2. The molecule has 1 aliphatic rings. The van der Waals surface area contributed by atoms with Crippen LogP contribution in [0.3, 0.4) is 0 Å². The lowest BCUT2D eigenvalue weighted by Gasteiger charge is -2.37. The first-order chi connectivity index (χ1) is 16.5. The van der Waals surface area contributed by atoms with Crippen LogP contribution >= 0.6 is 7.82 Å². The fourth-order valence-electron chi connectivity index (χ4n) is 4.52. The van der Waals surface area contributed by atoms with Crippen molar-refractivity contribution in [1.29, 1.82) is 0 Å². The summed E-state index contributed by atoms with van der Waals surface area (Å²) in [6, 6.07) is 0. The van der Waals surface area contributed by atoms with Gasteiger partial charge in [0.25, 0.3) is 5.56 Å². The highest BCUT2D eigenvalue weighted by Crippen LogP contribution is 2.51. The summed E-state index contributed by atoms with van der Waals surface area (Å²) in [5.41, 5.74) is -2.46. The Hall–Kier alpha value is -1.66. The molecule has 1 aromatic rings. The number of rotatable bonds is 13. The van der Waals surface area contributed by atoms with Crippen LogP contribution in [0.25, 0.3) is 0 Å². The highest BCUT2D eigenvalue weighted by atomic mass is 31.2. The molecule has 13 heteroatoms. The van der Waals surface area contributed by atoms with Gasteiger partial charge in [-0.15, -0.1) is 0 Å². The second kappa shape index (κ2) is 11.4. The van der Waals surface area contributed by atoms with Crippen molar-refractivity contribution >= 4 is 14.1 Å². The molecule has 1 saturated heterocycles. The normalized spacial score (nSPS) is 21.6. The molecule has 1 aliphatic heterocycles. The molecule has 1 aromatic heterocycles. The fraction of sp³-hybridized carbons (Fsp3) is 0.783. The van der Waals surface area contributed by atoms with Crippen LogP contribution < -0.4 is 16.6 Å². The monoisotopic (exact) mass is 533 g/mol. The first-order valence-electron chi connectivity index (χ1n) is 11.8. The molecule has 12 nitrogen and oxygen atoms in total. The van der Waals surface area contributed by atoms with Crippen LogP contribution in [-0.2, 0) is 33.1 Å². The maximum absolute atomic E-state index is 12.8. The molecule has 206 valence electrons. The molecule has 0 aliphatic carbocycles. The van der Waals surface area contributed by atoms with E-state index in [1.807, 2.05) is 27.7 Å². The third-order valence-electron chi connectivity index (χ3n) is 6.32. The lowest BCUT2D eigenvalue weighted by Crippen LogP contribution is -2.47. The van der Waals surface area contributed by atoms with Gasteiger partial charge in [-0.1, -0.05) is 27.7 Å². The number of aliphatic hydroxyl groups is 1. The zero-order valence-corrected chi connectivity index (χ0v) is 23.2. The number of phosphoric acid groups is 1. The van der Waals surface area contributed by atoms with Gasteiger partial charge >= 0.3 is 13.5 Å². The molecular weight excluding hydrogens is 493 g/mol. The number of aldehydes is 1. The van der Waals surface area contributed by atoms with Gasteiger partial charge in [0.2, 0.25) is 0 Å². The lowest BCUT2D eigenvalue weighted by atomic mass is 9.71. The third kappa shape index (κ3) is 7.44. The Morgan fingerprint density at radius 2 is 1.83 bits per heavy atom. The van der Waals surface area contributed by atoms with Crippen LogP contribution in [0, 0.1) is 5.41 Å². The predicted octanol–water partition coefficient (Wildman–Crippen LogP) is 1.86. The van der Waals surface area contributed by atoms with Crippen molar-refractivity contribution in [3.05, 3.63) is 32.6 Å². The number of H-pyrrole nitrogens is 1. The van der Waals surface area contributed by atoms with Crippen molar-refractivity contribution in [3.63, 3.8) is 0 Å². The number of carbonyl (C=O) groups excluding carboxylic acids is 1. The number of aliphatic hydroxyl groups excluding tert-OH is 1. The number of hydrogen-bond donors (Lipinski definition) is 3. The Morgan fingerprint density at radius 3 is 2.36 bits per heavy atom. The van der Waals surface area contributed by atoms with E-state index in [-0.39, 0.29) is 11.8 Å². The zero-order valence-electron chi connectivity index (χ0n) is 22.3. The predicted molar refractivity (Wildman–Crippen MR) is 133 cm³/mol. The van der Waals surface area contributed by atoms with Gasteiger partial charge in [0.15, 0.2) is 0 Å². The average Bonchev–Trinajstić information content (AvgIpc) is 3.19. The summed E-state index contributed by atoms with van der Waals surface area (Å²) in [6.45, 7) is 11.5. The summed E-state index contributed by atoms with van der Waals surface area (Å²) in [6.07, 6.45) is 0.270. The van der Waals surface area contributed by atoms with Crippen LogP contribution in [0.4, 0.5) is 0 Å². The molecule has 2 rings (SSSR count). The molecule has 0 bridgehead atoms. The van der Waals surface area contributed by atoms with E-state index in [1.54, 1.807) is 13.8 Å². The van der Waals surface area contributed by atoms with E-state index in [2.05, 4.69) is 10.3 Å². The van der Waals surface area contributed by atoms with E-state index in [0.29, 0.717) is 18.5 Å². The number of nitrogens with one attached hydrogen (secondary N) is 2. The minimum absolute atomic E-state index is 0.0595. The summed E-state index contributed by atoms with van der Waals surface area (Å²) in [5, 5.41) is 13.0. The first kappa shape index (κ1) is 30.6. The molecule has 2 heterocycles. The van der Waals surface area contributed by atoms with Gasteiger partial charge in [0, 0.05) is 38.9 Å². The average molecular weight is 534 g/mol. The molecule has 3 atom stereocenters. The molecule has 0 spiro atoms. The molecule has 1 fully saturated rings. The maximum atomic E-state index is 12.8. The van der Waals surface area contributed by atoms with Crippen molar-refractivity contribution < 1.29 is 32.8 Å². The van der Waals surface area contributed by atoms with E-state index in [9.17, 15) is 24.1 Å². The second-order valence-electron chi connectivity index (χ2n) is 11.1. The second-order valence-corrected chi connectivity index (χ2v) is 13.0. The van der Waals surface area contributed by atoms with E-state index in [1.165, 1.54) is 25.0 Å². The maximum Gasteiger partial charge on any atom is 0.474 e. The SMILES string of the molecule is COP(=O)(OC)OC1C[C@@H](n2cc(C(C)(C)CC(C)(C)CNC(C)(C)C=O)c(=O)[nH]c2=O)OC1CO. The minimum Gasteiger partial charge on any atom is -0.394 e. The van der Waals surface area contributed by atoms with E-state index in [0.717, 1.165) is 6.29 Å². The number of ether oxygens (including phenoxy) is 1. The van der Waals surface area contributed by atoms with Crippen molar-refractivity contribution in [2.75, 3.05) is 27.4 Å². The van der Waals surface area contributed by atoms with Crippen LogP contribution in [0.1, 0.15) is 66.2 Å². The summed E-state index contributed by atoms with van der Waals surface area (Å²) in [5.74, 6) is 0. The zero-order chi connectivity index (χ0) is 27.5. The summed E-state index contributed by atoms with van der Waals surface area (Å²) < 4.78 is 34.6. The van der Waals surface area contributed by atoms with E-state index < -0.39 is 55.1 Å². The van der Waals surface area contributed by atoms with Gasteiger partial charge in [0.1, 0.15) is 24.7 Å². The molecule has 36 heavy (non-hydrogen) atoms. The standard InChI is InChI=1S/C23H40N3O9P/c1-21(2,13-24-23(5,6)14-28)12-22(3,4)15-10-26(20(30)25-19(15)29)18-9-16(17(11-27)34-18)35-36(31,32-7)33-8/h10,14,16-18,24,27H,9,11-13H2,1-8H3,(H,25,29,30)/t16?,17?,18-/m0/s1. The van der Waals surface area contributed by atoms with Gasteiger partial charge in [-0.3, -0.25) is 27.9 Å². The number of hydrogen-bond acceptors (Lipinski definition) is 10. The Bertz CT molecular complexity index is 1070. The highest BCUT2D eigenvalue weighted by Gasteiger charge is 2.43. The molecular formula is C23H40N3O9P. The number of phosphoric ester groups is 1. The number of nitrogens with zero attached hydrogens (tertiary/aromatic N) is 1. The minimum atomic E-state index is -3.86. The Labute approximate surface area is 211 Å². The van der Waals surface area contributed by atoms with Crippen molar-refractivity contribution in [2.24, 2.45) is 5.41 Å². The lowest BCUT2D eigenvalue weighted by molar-refractivity contribution is -0.112. The van der Waals surface area contributed by atoms with Gasteiger partial charge in [-0.05, 0) is 31.1 Å². The quantitative estimate of drug-likeness (QED) is 0.252. The number of aromatic amines is 1. The number of carbonyl (C=O) groups is 1. The van der Waals surface area contributed by atoms with Crippen LogP contribution in [-0.4, -0.2) is 66.1 Å². The van der Waals surface area contributed by atoms with Gasteiger partial charge < -0.3 is 20.0 Å². The molecule has 0 aromatic carbocycles. The molecule has 3 N–H and O–H groups in total. The smallest absolute Gasteiger partial charge is 0.394 e. The van der Waals surface area contributed by atoms with Crippen molar-refractivity contribution in [2.45, 2.75) is 83.8 Å². The Morgan fingerprint density at radius 1 is 1.22 bits per heavy atom. The van der Waals surface area contributed by atoms with Crippen molar-refractivity contribution in [3.8, 4) is 0 Å². The van der Waals surface area contributed by atoms with E-state index >= 15 is 0 Å². The third-order valence-corrected chi connectivity index (χ3v) is 7.74. The van der Waals surface area contributed by atoms with Crippen molar-refractivity contribution in [1.82, 2.24) is 14.9 Å². The van der Waals surface area contributed by atoms with Gasteiger partial charge in [-0.25, -0.2) is 9.36 Å². The fourth-order valence-corrected chi connectivity index (χ4v) is 5.39. The first-order valence-corrected chi connectivity index (χ1v) is 13.2. The largest absolute Gasteiger partial charge is 0.474 e. The molecule has 0 amide bonds. The Balaban J connectivity index is 2.33. The number of aromatic nitrogens is 2.